The summed E-state index contributed by atoms with van der Waals surface area (Å²) in [5.74, 6) is 1.20. The molecule has 0 atom stereocenters. The third-order valence-corrected chi connectivity index (χ3v) is 5.02. The molecule has 1 saturated heterocycles. The molecule has 3 rings (SSSR count). The van der Waals surface area contributed by atoms with E-state index in [2.05, 4.69) is 15.6 Å². The van der Waals surface area contributed by atoms with E-state index in [1.165, 1.54) is 0 Å². The summed E-state index contributed by atoms with van der Waals surface area (Å²) < 4.78 is 16.5. The number of rotatable bonds is 4. The van der Waals surface area contributed by atoms with E-state index in [-0.39, 0.29) is 12.0 Å². The maximum Gasteiger partial charge on any atom is 0.410 e. The van der Waals surface area contributed by atoms with E-state index in [1.807, 2.05) is 26.8 Å². The van der Waals surface area contributed by atoms with Crippen molar-refractivity contribution in [3.8, 4) is 11.5 Å². The van der Waals surface area contributed by atoms with E-state index in [0.29, 0.717) is 57.2 Å². The number of aromatic nitrogens is 1. The van der Waals surface area contributed by atoms with E-state index in [4.69, 9.17) is 14.2 Å². The largest absolute Gasteiger partial charge is 0.486 e. The molecule has 0 spiro atoms. The zero-order valence-corrected chi connectivity index (χ0v) is 17.5. The van der Waals surface area contributed by atoms with E-state index in [9.17, 15) is 9.59 Å². The summed E-state index contributed by atoms with van der Waals surface area (Å²) in [6.07, 6.45) is 2.26. The molecule has 0 saturated carbocycles. The Kier molecular flexibility index (Phi) is 6.16. The van der Waals surface area contributed by atoms with Crippen LogP contribution in [0.5, 0.6) is 11.5 Å². The third-order valence-electron chi connectivity index (χ3n) is 5.02. The number of nitrogens with one attached hydrogen (secondary N) is 2. The molecule has 9 nitrogen and oxygen atoms in total. The molecule has 9 heteroatoms. The molecule has 2 amide bonds. The van der Waals surface area contributed by atoms with E-state index < -0.39 is 11.1 Å². The predicted octanol–water partition coefficient (Wildman–Crippen LogP) is 1.46. The number of hydrogen-bond acceptors (Lipinski definition) is 7. The highest BCUT2D eigenvalue weighted by Crippen LogP contribution is 2.30. The molecule has 0 aromatic carbocycles. The number of amides is 2. The van der Waals surface area contributed by atoms with Crippen LogP contribution in [-0.4, -0.2) is 66.4 Å². The number of fused-ring (bicyclic) bond motifs is 1. The van der Waals surface area contributed by atoms with Crippen LogP contribution in [0, 0.1) is 0 Å². The van der Waals surface area contributed by atoms with Crippen molar-refractivity contribution in [1.29, 1.82) is 0 Å². The molecule has 1 fully saturated rings. The number of carbonyl (C=O) groups excluding carboxylic acids is 2. The second-order valence-corrected chi connectivity index (χ2v) is 8.30. The minimum absolute atomic E-state index is 0.0983. The molecular weight excluding hydrogens is 376 g/mol. The van der Waals surface area contributed by atoms with Crippen molar-refractivity contribution in [2.45, 2.75) is 51.3 Å². The molecule has 160 valence electrons. The molecular formula is C20H30N4O5. The van der Waals surface area contributed by atoms with Gasteiger partial charge < -0.3 is 24.4 Å². The SMILES string of the molecule is CNC(=O)C1(NCc2cc3c(cn2)OCCO3)CCN(C(=O)OC(C)(C)C)CC1. The Bertz CT molecular complexity index is 754. The fourth-order valence-corrected chi connectivity index (χ4v) is 3.47. The number of likely N-dealkylation sites (N-methyl/N-ethyl adjacent to an activating group) is 1. The van der Waals surface area contributed by atoms with E-state index >= 15 is 0 Å². The van der Waals surface area contributed by atoms with Gasteiger partial charge in [-0.05, 0) is 33.6 Å². The molecule has 0 bridgehead atoms. The predicted molar refractivity (Wildman–Crippen MR) is 106 cm³/mol. The number of pyridine rings is 1. The number of nitrogens with zero attached hydrogens (tertiary/aromatic N) is 2. The van der Waals surface area contributed by atoms with Crippen LogP contribution < -0.4 is 20.1 Å². The maximum atomic E-state index is 12.7. The topological polar surface area (TPSA) is 102 Å². The summed E-state index contributed by atoms with van der Waals surface area (Å²) in [7, 11) is 1.62. The summed E-state index contributed by atoms with van der Waals surface area (Å²) in [5, 5.41) is 6.11. The van der Waals surface area contributed by atoms with Crippen molar-refractivity contribution in [2.24, 2.45) is 0 Å². The highest BCUT2D eigenvalue weighted by Gasteiger charge is 2.42. The molecule has 2 aliphatic heterocycles. The quantitative estimate of drug-likeness (QED) is 0.780. The lowest BCUT2D eigenvalue weighted by Gasteiger charge is -2.41. The molecule has 0 radical (unpaired) electrons. The van der Waals surface area contributed by atoms with Gasteiger partial charge in [-0.1, -0.05) is 0 Å². The molecule has 0 aliphatic carbocycles. The van der Waals surface area contributed by atoms with Crippen LogP contribution in [0.15, 0.2) is 12.3 Å². The summed E-state index contributed by atoms with van der Waals surface area (Å²) in [6, 6.07) is 1.83. The second-order valence-electron chi connectivity index (χ2n) is 8.30. The van der Waals surface area contributed by atoms with Crippen molar-refractivity contribution in [3.05, 3.63) is 18.0 Å². The Morgan fingerprint density at radius 3 is 2.48 bits per heavy atom. The molecule has 1 aromatic heterocycles. The Labute approximate surface area is 171 Å². The van der Waals surface area contributed by atoms with E-state index in [0.717, 1.165) is 5.69 Å². The van der Waals surface area contributed by atoms with Crippen molar-refractivity contribution in [3.63, 3.8) is 0 Å². The minimum atomic E-state index is -0.776. The van der Waals surface area contributed by atoms with Crippen LogP contribution in [0.2, 0.25) is 0 Å². The Balaban J connectivity index is 1.64. The molecule has 3 heterocycles. The third kappa shape index (κ3) is 5.09. The van der Waals surface area contributed by atoms with Gasteiger partial charge in [0.15, 0.2) is 11.5 Å². The molecule has 29 heavy (non-hydrogen) atoms. The fourth-order valence-electron chi connectivity index (χ4n) is 3.47. The first-order valence-electron chi connectivity index (χ1n) is 9.92. The first-order valence-corrected chi connectivity index (χ1v) is 9.92. The first-order chi connectivity index (χ1) is 13.7. The van der Waals surface area contributed by atoms with Crippen molar-refractivity contribution in [2.75, 3.05) is 33.4 Å². The summed E-state index contributed by atoms with van der Waals surface area (Å²) in [6.45, 7) is 7.81. The van der Waals surface area contributed by atoms with Crippen molar-refractivity contribution < 1.29 is 23.8 Å². The summed E-state index contributed by atoms with van der Waals surface area (Å²) in [4.78, 5) is 31.0. The monoisotopic (exact) mass is 406 g/mol. The van der Waals surface area contributed by atoms with Crippen LogP contribution in [-0.2, 0) is 16.1 Å². The number of piperidine rings is 1. The van der Waals surface area contributed by atoms with Gasteiger partial charge in [0.2, 0.25) is 5.91 Å². The molecule has 2 aliphatic rings. The minimum Gasteiger partial charge on any atom is -0.486 e. The average Bonchev–Trinajstić information content (AvgIpc) is 2.70. The Morgan fingerprint density at radius 2 is 1.86 bits per heavy atom. The lowest BCUT2D eigenvalue weighted by atomic mass is 9.86. The number of ether oxygens (including phenoxy) is 3. The van der Waals surface area contributed by atoms with Gasteiger partial charge in [-0.2, -0.15) is 0 Å². The van der Waals surface area contributed by atoms with Gasteiger partial charge in [0.25, 0.3) is 0 Å². The number of hydrogen-bond donors (Lipinski definition) is 2. The van der Waals surface area contributed by atoms with Crippen molar-refractivity contribution >= 4 is 12.0 Å². The fraction of sp³-hybridized carbons (Fsp3) is 0.650. The average molecular weight is 406 g/mol. The molecule has 2 N–H and O–H groups in total. The van der Waals surface area contributed by atoms with Crippen LogP contribution in [0.3, 0.4) is 0 Å². The lowest BCUT2D eigenvalue weighted by Crippen LogP contribution is -2.62. The van der Waals surface area contributed by atoms with Gasteiger partial charge in [0, 0.05) is 32.7 Å². The van der Waals surface area contributed by atoms with Gasteiger partial charge in [0.05, 0.1) is 11.9 Å². The van der Waals surface area contributed by atoms with Gasteiger partial charge in [-0.15, -0.1) is 0 Å². The Morgan fingerprint density at radius 1 is 1.21 bits per heavy atom. The standard InChI is InChI=1S/C20H30N4O5/c1-19(2,3)29-18(26)24-7-5-20(6-8-24,17(25)21-4)23-12-14-11-15-16(13-22-14)28-10-9-27-15/h11,13,23H,5-10,12H2,1-4H3,(H,21,25). The maximum absolute atomic E-state index is 12.7. The highest BCUT2D eigenvalue weighted by atomic mass is 16.6. The lowest BCUT2D eigenvalue weighted by molar-refractivity contribution is -0.129. The smallest absolute Gasteiger partial charge is 0.410 e. The van der Waals surface area contributed by atoms with Gasteiger partial charge >= 0.3 is 6.09 Å². The van der Waals surface area contributed by atoms with Gasteiger partial charge in [-0.25, -0.2) is 4.79 Å². The van der Waals surface area contributed by atoms with Crippen LogP contribution in [0.25, 0.3) is 0 Å². The molecule has 1 aromatic rings. The van der Waals surface area contributed by atoms with Crippen LogP contribution in [0.4, 0.5) is 4.79 Å². The summed E-state index contributed by atoms with van der Waals surface area (Å²) >= 11 is 0. The zero-order valence-electron chi connectivity index (χ0n) is 17.5. The number of carbonyl (C=O) groups is 2. The molecule has 0 unspecified atom stereocenters. The highest BCUT2D eigenvalue weighted by molar-refractivity contribution is 5.86. The normalized spacial score (nSPS) is 18.1. The first kappa shape index (κ1) is 21.2. The Hall–Kier alpha value is -2.55. The summed E-state index contributed by atoms with van der Waals surface area (Å²) in [5.41, 5.74) is -0.566. The van der Waals surface area contributed by atoms with Gasteiger partial charge in [0.1, 0.15) is 24.4 Å². The van der Waals surface area contributed by atoms with Gasteiger partial charge in [-0.3, -0.25) is 15.1 Å². The van der Waals surface area contributed by atoms with E-state index in [1.54, 1.807) is 18.1 Å². The second kappa shape index (κ2) is 8.44. The van der Waals surface area contributed by atoms with Crippen LogP contribution >= 0.6 is 0 Å². The zero-order chi connectivity index (χ0) is 21.1. The van der Waals surface area contributed by atoms with Crippen LogP contribution in [0.1, 0.15) is 39.3 Å². The number of likely N-dealkylation sites (tertiary alicyclic amines) is 1. The van der Waals surface area contributed by atoms with Crippen molar-refractivity contribution in [1.82, 2.24) is 20.5 Å².